The summed E-state index contributed by atoms with van der Waals surface area (Å²) in [6.45, 7) is 8.19. The van der Waals surface area contributed by atoms with Crippen LogP contribution in [0.4, 0.5) is 0 Å². The van der Waals surface area contributed by atoms with Crippen molar-refractivity contribution in [3.05, 3.63) is 27.9 Å². The molecule has 0 fully saturated rings. The molecule has 0 spiro atoms. The first-order chi connectivity index (χ1) is 6.94. The molecule has 0 aliphatic heterocycles. The van der Waals surface area contributed by atoms with Crippen molar-refractivity contribution in [1.29, 1.82) is 0 Å². The normalized spacial score (nSPS) is 15.0. The first kappa shape index (κ1) is 11.9. The van der Waals surface area contributed by atoms with E-state index in [9.17, 15) is 4.79 Å². The van der Waals surface area contributed by atoms with Crippen LogP contribution >= 0.6 is 0 Å². The minimum Gasteiger partial charge on any atom is -0.328 e. The van der Waals surface area contributed by atoms with Crippen LogP contribution in [0.25, 0.3) is 0 Å². The van der Waals surface area contributed by atoms with Crippen LogP contribution in [0.1, 0.15) is 31.7 Å². The molecule has 15 heavy (non-hydrogen) atoms. The third-order valence-corrected chi connectivity index (χ3v) is 2.98. The number of hydrogen-bond donors (Lipinski definition) is 1. The van der Waals surface area contributed by atoms with Gasteiger partial charge in [0.15, 0.2) is 0 Å². The summed E-state index contributed by atoms with van der Waals surface area (Å²) in [5, 5.41) is 0. The summed E-state index contributed by atoms with van der Waals surface area (Å²) in [6.07, 6.45) is 0.814. The Balaban J connectivity index is 3.43. The number of nitrogens with two attached hydrogens (primary N) is 1. The zero-order chi connectivity index (χ0) is 11.6. The van der Waals surface area contributed by atoms with Crippen LogP contribution in [-0.2, 0) is 5.54 Å². The molecule has 1 aromatic rings. The number of aryl methyl sites for hydroxylation is 2. The lowest BCUT2D eigenvalue weighted by Crippen LogP contribution is -2.46. The molecule has 1 rings (SSSR count). The highest BCUT2D eigenvalue weighted by Crippen LogP contribution is 2.18. The van der Waals surface area contributed by atoms with Gasteiger partial charge in [0, 0.05) is 17.9 Å². The summed E-state index contributed by atoms with van der Waals surface area (Å²) in [4.78, 5) is 15.8. The predicted molar refractivity (Wildman–Crippen MR) is 61.0 cm³/mol. The molecule has 2 N–H and O–H groups in total. The average molecular weight is 209 g/mol. The van der Waals surface area contributed by atoms with Crippen molar-refractivity contribution in [1.82, 2.24) is 9.55 Å². The van der Waals surface area contributed by atoms with Gasteiger partial charge in [0.1, 0.15) is 0 Å². The largest absolute Gasteiger partial charge is 0.348 e. The van der Waals surface area contributed by atoms with Crippen LogP contribution in [0.5, 0.6) is 0 Å². The highest BCUT2D eigenvalue weighted by atomic mass is 16.1. The second-order valence-corrected chi connectivity index (χ2v) is 4.21. The van der Waals surface area contributed by atoms with Crippen molar-refractivity contribution in [2.75, 3.05) is 6.54 Å². The third-order valence-electron chi connectivity index (χ3n) is 2.98. The molecule has 84 valence electrons. The molecule has 1 heterocycles. The van der Waals surface area contributed by atoms with Gasteiger partial charge in [-0.25, -0.2) is 4.79 Å². The smallest absolute Gasteiger partial charge is 0.328 e. The summed E-state index contributed by atoms with van der Waals surface area (Å²) in [6, 6.07) is 1.91. The van der Waals surface area contributed by atoms with Gasteiger partial charge < -0.3 is 5.73 Å². The zero-order valence-electron chi connectivity index (χ0n) is 9.87. The molecular formula is C11H19N3O. The van der Waals surface area contributed by atoms with Crippen molar-refractivity contribution in [2.45, 2.75) is 39.7 Å². The summed E-state index contributed by atoms with van der Waals surface area (Å²) < 4.78 is 1.69. The van der Waals surface area contributed by atoms with Gasteiger partial charge in [-0.15, -0.1) is 0 Å². The molecule has 1 aromatic heterocycles. The molecule has 0 aliphatic rings. The van der Waals surface area contributed by atoms with Gasteiger partial charge in [0.05, 0.1) is 5.54 Å². The van der Waals surface area contributed by atoms with E-state index in [1.165, 1.54) is 0 Å². The van der Waals surface area contributed by atoms with E-state index < -0.39 is 0 Å². The number of nitrogens with zero attached hydrogens (tertiary/aromatic N) is 2. The van der Waals surface area contributed by atoms with Gasteiger partial charge in [-0.3, -0.25) is 4.57 Å². The Bertz CT molecular complexity index is 405. The topological polar surface area (TPSA) is 60.9 Å². The van der Waals surface area contributed by atoms with E-state index in [2.05, 4.69) is 4.98 Å². The molecule has 0 bridgehead atoms. The monoisotopic (exact) mass is 209 g/mol. The third kappa shape index (κ3) is 2.09. The molecule has 0 saturated heterocycles. The first-order valence-corrected chi connectivity index (χ1v) is 5.22. The van der Waals surface area contributed by atoms with Crippen LogP contribution < -0.4 is 11.4 Å². The highest BCUT2D eigenvalue weighted by molar-refractivity contribution is 5.09. The van der Waals surface area contributed by atoms with Crippen LogP contribution in [0.2, 0.25) is 0 Å². The van der Waals surface area contributed by atoms with E-state index in [-0.39, 0.29) is 11.2 Å². The fourth-order valence-corrected chi connectivity index (χ4v) is 1.80. The molecule has 0 saturated carbocycles. The lowest BCUT2D eigenvalue weighted by Gasteiger charge is -2.30. The molecule has 4 heteroatoms. The summed E-state index contributed by atoms with van der Waals surface area (Å²) in [5.41, 5.74) is 6.87. The first-order valence-electron chi connectivity index (χ1n) is 5.22. The highest BCUT2D eigenvalue weighted by Gasteiger charge is 2.25. The molecule has 0 aromatic carbocycles. The Labute approximate surface area is 90.1 Å². The standard InChI is InChI=1S/C11H19N3O/c1-5-11(4,7-12)14-9(3)6-8(2)13-10(14)15/h6H,5,7,12H2,1-4H3. The summed E-state index contributed by atoms with van der Waals surface area (Å²) in [7, 11) is 0. The Kier molecular flexibility index (Phi) is 3.29. The minimum atomic E-state index is -0.331. The molecule has 1 unspecified atom stereocenters. The van der Waals surface area contributed by atoms with Crippen molar-refractivity contribution in [3.63, 3.8) is 0 Å². The lowest BCUT2D eigenvalue weighted by atomic mass is 9.98. The van der Waals surface area contributed by atoms with Gasteiger partial charge in [-0.05, 0) is 33.3 Å². The summed E-state index contributed by atoms with van der Waals surface area (Å²) in [5.74, 6) is 0. The van der Waals surface area contributed by atoms with E-state index in [1.807, 2.05) is 33.8 Å². The van der Waals surface area contributed by atoms with Crippen molar-refractivity contribution < 1.29 is 0 Å². The maximum atomic E-state index is 11.8. The van der Waals surface area contributed by atoms with Crippen LogP contribution in [0.15, 0.2) is 10.9 Å². The Morgan fingerprint density at radius 3 is 2.53 bits per heavy atom. The molecule has 4 nitrogen and oxygen atoms in total. The maximum absolute atomic E-state index is 11.8. The second kappa shape index (κ2) is 4.14. The fraction of sp³-hybridized carbons (Fsp3) is 0.636. The van der Waals surface area contributed by atoms with Crippen molar-refractivity contribution in [2.24, 2.45) is 5.73 Å². The number of rotatable bonds is 3. The lowest BCUT2D eigenvalue weighted by molar-refractivity contribution is 0.296. The second-order valence-electron chi connectivity index (χ2n) is 4.21. The van der Waals surface area contributed by atoms with Crippen molar-refractivity contribution >= 4 is 0 Å². The van der Waals surface area contributed by atoms with Crippen LogP contribution in [0, 0.1) is 13.8 Å². The Morgan fingerprint density at radius 2 is 2.13 bits per heavy atom. The van der Waals surface area contributed by atoms with Crippen molar-refractivity contribution in [3.8, 4) is 0 Å². The van der Waals surface area contributed by atoms with Gasteiger partial charge in [-0.1, -0.05) is 6.92 Å². The number of aromatic nitrogens is 2. The van der Waals surface area contributed by atoms with E-state index in [0.29, 0.717) is 6.54 Å². The van der Waals surface area contributed by atoms with Crippen LogP contribution in [-0.4, -0.2) is 16.1 Å². The van der Waals surface area contributed by atoms with Gasteiger partial charge in [-0.2, -0.15) is 4.98 Å². The average Bonchev–Trinajstić information content (AvgIpc) is 2.15. The van der Waals surface area contributed by atoms with E-state index in [1.54, 1.807) is 4.57 Å². The fourth-order valence-electron chi connectivity index (χ4n) is 1.80. The number of hydrogen-bond acceptors (Lipinski definition) is 3. The zero-order valence-corrected chi connectivity index (χ0v) is 9.87. The van der Waals surface area contributed by atoms with Crippen LogP contribution in [0.3, 0.4) is 0 Å². The molecule has 0 radical (unpaired) electrons. The molecular weight excluding hydrogens is 190 g/mol. The molecule has 0 aliphatic carbocycles. The van der Waals surface area contributed by atoms with E-state index in [0.717, 1.165) is 17.8 Å². The quantitative estimate of drug-likeness (QED) is 0.806. The van der Waals surface area contributed by atoms with E-state index >= 15 is 0 Å². The van der Waals surface area contributed by atoms with E-state index in [4.69, 9.17) is 5.73 Å². The molecule has 1 atom stereocenters. The predicted octanol–water partition coefficient (Wildman–Crippen LogP) is 0.944. The van der Waals surface area contributed by atoms with Gasteiger partial charge >= 0.3 is 5.69 Å². The van der Waals surface area contributed by atoms with Gasteiger partial charge in [0.2, 0.25) is 0 Å². The Hall–Kier alpha value is -1.16. The summed E-state index contributed by atoms with van der Waals surface area (Å²) >= 11 is 0. The maximum Gasteiger partial charge on any atom is 0.348 e. The SMILES string of the molecule is CCC(C)(CN)n1c(C)cc(C)nc1=O. The Morgan fingerprint density at radius 1 is 1.53 bits per heavy atom. The minimum absolute atomic E-state index is 0.206. The molecule has 0 amide bonds. The van der Waals surface area contributed by atoms with Gasteiger partial charge in [0.25, 0.3) is 0 Å².